The highest BCUT2D eigenvalue weighted by Gasteiger charge is 2.37. The van der Waals surface area contributed by atoms with Crippen LogP contribution in [-0.4, -0.2) is 57.5 Å². The van der Waals surface area contributed by atoms with E-state index in [4.69, 9.17) is 0 Å². The first-order chi connectivity index (χ1) is 9.54. The summed E-state index contributed by atoms with van der Waals surface area (Å²) < 4.78 is 22.8. The lowest BCUT2D eigenvalue weighted by molar-refractivity contribution is 0.0759. The van der Waals surface area contributed by atoms with Gasteiger partial charge in [-0.2, -0.15) is 0 Å². The molecule has 0 spiro atoms. The van der Waals surface area contributed by atoms with Crippen molar-refractivity contribution < 1.29 is 8.42 Å². The summed E-state index contributed by atoms with van der Waals surface area (Å²) in [5.74, 6) is 0.956. The van der Waals surface area contributed by atoms with Crippen LogP contribution in [0.3, 0.4) is 0 Å². The normalized spacial score (nSPS) is 28.0. The molecule has 3 unspecified atom stereocenters. The molecule has 1 rings (SSSR count). The Kier molecular flexibility index (Phi) is 6.69. The molecule has 0 radical (unpaired) electrons. The number of hydrogen-bond donors (Lipinski definition) is 1. The van der Waals surface area contributed by atoms with Crippen LogP contribution < -0.4 is 5.32 Å². The van der Waals surface area contributed by atoms with Gasteiger partial charge in [0.15, 0.2) is 0 Å². The van der Waals surface area contributed by atoms with Gasteiger partial charge in [-0.25, -0.2) is 8.42 Å². The van der Waals surface area contributed by atoms with E-state index < -0.39 is 9.84 Å². The summed E-state index contributed by atoms with van der Waals surface area (Å²) in [7, 11) is -0.817. The van der Waals surface area contributed by atoms with Crippen LogP contribution in [0.4, 0.5) is 0 Å². The third kappa shape index (κ3) is 6.25. The van der Waals surface area contributed by atoms with E-state index in [2.05, 4.69) is 45.0 Å². The molecule has 0 aromatic carbocycles. The Morgan fingerprint density at radius 3 is 2.33 bits per heavy atom. The van der Waals surface area contributed by atoms with Crippen LogP contribution in [0, 0.1) is 11.3 Å². The van der Waals surface area contributed by atoms with Crippen LogP contribution in [0.5, 0.6) is 0 Å². The minimum atomic E-state index is -2.89. The standard InChI is InChI=1S/C16H34N2O2S/c1-7-17-14-9-8-13(16(2,3)4)12-15(14)18(5)10-11-21(6,19)20/h13-15,17H,7-12H2,1-6H3. The molecule has 4 nitrogen and oxygen atoms in total. The first kappa shape index (κ1) is 18.9. The summed E-state index contributed by atoms with van der Waals surface area (Å²) in [4.78, 5) is 2.26. The molecule has 0 aliphatic heterocycles. The molecule has 5 heteroatoms. The molecule has 1 fully saturated rings. The summed E-state index contributed by atoms with van der Waals surface area (Å²) in [5.41, 5.74) is 0.326. The van der Waals surface area contributed by atoms with Crippen LogP contribution in [0.2, 0.25) is 0 Å². The van der Waals surface area contributed by atoms with Gasteiger partial charge in [-0.05, 0) is 44.2 Å². The molecule has 1 aliphatic carbocycles. The van der Waals surface area contributed by atoms with E-state index in [1.165, 1.54) is 19.1 Å². The highest BCUT2D eigenvalue weighted by atomic mass is 32.2. The second-order valence-electron chi connectivity index (χ2n) is 7.72. The molecule has 0 aromatic rings. The lowest BCUT2D eigenvalue weighted by Gasteiger charge is -2.45. The van der Waals surface area contributed by atoms with E-state index in [9.17, 15) is 8.42 Å². The maximum Gasteiger partial charge on any atom is 0.148 e. The quantitative estimate of drug-likeness (QED) is 0.815. The Morgan fingerprint density at radius 1 is 1.24 bits per heavy atom. The topological polar surface area (TPSA) is 49.4 Å². The molecule has 1 aliphatic rings. The predicted molar refractivity (Wildman–Crippen MR) is 90.4 cm³/mol. The summed E-state index contributed by atoms with van der Waals surface area (Å²) in [6.45, 7) is 10.7. The van der Waals surface area contributed by atoms with Gasteiger partial charge in [0.2, 0.25) is 0 Å². The van der Waals surface area contributed by atoms with Crippen molar-refractivity contribution in [3.63, 3.8) is 0 Å². The van der Waals surface area contributed by atoms with Crippen molar-refractivity contribution in [2.24, 2.45) is 11.3 Å². The molecule has 21 heavy (non-hydrogen) atoms. The van der Waals surface area contributed by atoms with E-state index >= 15 is 0 Å². The first-order valence-corrected chi connectivity index (χ1v) is 10.2. The lowest BCUT2D eigenvalue weighted by atomic mass is 9.69. The molecular weight excluding hydrogens is 284 g/mol. The van der Waals surface area contributed by atoms with Crippen molar-refractivity contribution in [1.82, 2.24) is 10.2 Å². The summed E-state index contributed by atoms with van der Waals surface area (Å²) in [6.07, 6.45) is 4.92. The van der Waals surface area contributed by atoms with E-state index in [0.29, 0.717) is 30.0 Å². The molecule has 0 saturated heterocycles. The van der Waals surface area contributed by atoms with Crippen molar-refractivity contribution in [2.75, 3.05) is 32.1 Å². The Balaban J connectivity index is 2.74. The fourth-order valence-corrected chi connectivity index (χ4v) is 4.02. The molecule has 1 N–H and O–H groups in total. The van der Waals surface area contributed by atoms with Crippen LogP contribution in [-0.2, 0) is 9.84 Å². The zero-order valence-corrected chi connectivity index (χ0v) is 15.5. The van der Waals surface area contributed by atoms with Crippen LogP contribution in [0.1, 0.15) is 47.0 Å². The fraction of sp³-hybridized carbons (Fsp3) is 1.00. The summed E-state index contributed by atoms with van der Waals surface area (Å²) >= 11 is 0. The Morgan fingerprint density at radius 2 is 1.86 bits per heavy atom. The van der Waals surface area contributed by atoms with Gasteiger partial charge in [-0.1, -0.05) is 27.7 Å². The minimum Gasteiger partial charge on any atom is -0.313 e. The average molecular weight is 319 g/mol. The first-order valence-electron chi connectivity index (χ1n) is 8.16. The fourth-order valence-electron chi connectivity index (χ4n) is 3.40. The van der Waals surface area contributed by atoms with Crippen molar-refractivity contribution in [3.8, 4) is 0 Å². The van der Waals surface area contributed by atoms with E-state index in [1.54, 1.807) is 0 Å². The maximum atomic E-state index is 11.4. The summed E-state index contributed by atoms with van der Waals surface area (Å²) in [5, 5.41) is 3.59. The van der Waals surface area contributed by atoms with E-state index in [1.807, 2.05) is 0 Å². The highest BCUT2D eigenvalue weighted by molar-refractivity contribution is 7.90. The average Bonchev–Trinajstić information content (AvgIpc) is 2.34. The van der Waals surface area contributed by atoms with Crippen molar-refractivity contribution in [3.05, 3.63) is 0 Å². The van der Waals surface area contributed by atoms with Crippen molar-refractivity contribution >= 4 is 9.84 Å². The van der Waals surface area contributed by atoms with Gasteiger partial charge in [-0.3, -0.25) is 0 Å². The smallest absolute Gasteiger partial charge is 0.148 e. The predicted octanol–water partition coefficient (Wildman–Crippen LogP) is 2.16. The largest absolute Gasteiger partial charge is 0.313 e. The number of hydrogen-bond acceptors (Lipinski definition) is 4. The van der Waals surface area contributed by atoms with Crippen LogP contribution in [0.25, 0.3) is 0 Å². The van der Waals surface area contributed by atoms with Gasteiger partial charge >= 0.3 is 0 Å². The molecule has 3 atom stereocenters. The molecule has 0 aromatic heterocycles. The Hall–Kier alpha value is -0.130. The molecular formula is C16H34N2O2S. The minimum absolute atomic E-state index is 0.249. The van der Waals surface area contributed by atoms with Gasteiger partial charge in [0.05, 0.1) is 5.75 Å². The van der Waals surface area contributed by atoms with E-state index in [-0.39, 0.29) is 5.75 Å². The summed E-state index contributed by atoms with van der Waals surface area (Å²) in [6, 6.07) is 0.919. The van der Waals surface area contributed by atoms with Gasteiger partial charge in [0, 0.05) is 24.9 Å². The molecule has 0 heterocycles. The number of sulfone groups is 1. The zero-order valence-electron chi connectivity index (χ0n) is 14.6. The Bertz CT molecular complexity index is 414. The molecule has 0 bridgehead atoms. The second kappa shape index (κ2) is 7.42. The number of rotatable bonds is 6. The number of likely N-dealkylation sites (N-methyl/N-ethyl adjacent to an activating group) is 2. The lowest BCUT2D eigenvalue weighted by Crippen LogP contribution is -2.54. The molecule has 1 saturated carbocycles. The second-order valence-corrected chi connectivity index (χ2v) is 9.98. The van der Waals surface area contributed by atoms with Gasteiger partial charge in [0.1, 0.15) is 9.84 Å². The molecule has 0 amide bonds. The number of nitrogens with zero attached hydrogens (tertiary/aromatic N) is 1. The number of nitrogens with one attached hydrogen (secondary N) is 1. The van der Waals surface area contributed by atoms with Gasteiger partial charge < -0.3 is 10.2 Å². The zero-order chi connectivity index (χ0) is 16.3. The van der Waals surface area contributed by atoms with Gasteiger partial charge in [0.25, 0.3) is 0 Å². The SMILES string of the molecule is CCNC1CCC(C(C)(C)C)CC1N(C)CCS(C)(=O)=O. The van der Waals surface area contributed by atoms with Gasteiger partial charge in [-0.15, -0.1) is 0 Å². The maximum absolute atomic E-state index is 11.4. The monoisotopic (exact) mass is 318 g/mol. The third-order valence-electron chi connectivity index (χ3n) is 4.89. The van der Waals surface area contributed by atoms with Crippen LogP contribution >= 0.6 is 0 Å². The molecule has 126 valence electrons. The Labute approximate surface area is 131 Å². The highest BCUT2D eigenvalue weighted by Crippen LogP contribution is 2.39. The third-order valence-corrected chi connectivity index (χ3v) is 5.81. The van der Waals surface area contributed by atoms with Crippen molar-refractivity contribution in [1.29, 1.82) is 0 Å². The van der Waals surface area contributed by atoms with E-state index in [0.717, 1.165) is 13.0 Å². The van der Waals surface area contributed by atoms with Crippen molar-refractivity contribution in [2.45, 2.75) is 59.0 Å². The van der Waals surface area contributed by atoms with Crippen LogP contribution in [0.15, 0.2) is 0 Å².